The molecular weight excluding hydrogens is 479 g/mol. The molecule has 2 amide bonds. The average Bonchev–Trinajstić information content (AvgIpc) is 3.40. The molecule has 2 aliphatic rings. The molecule has 0 radical (unpaired) electrons. The van der Waals surface area contributed by atoms with Gasteiger partial charge in [0.1, 0.15) is 12.4 Å². The molecule has 1 atom stereocenters. The smallest absolute Gasteiger partial charge is 0.407 e. The summed E-state index contributed by atoms with van der Waals surface area (Å²) in [7, 11) is 1.82. The maximum atomic E-state index is 12.4. The summed E-state index contributed by atoms with van der Waals surface area (Å²) in [5.41, 5.74) is 3.09. The van der Waals surface area contributed by atoms with Crippen molar-refractivity contribution in [2.75, 3.05) is 25.5 Å². The number of ether oxygens (including phenoxy) is 1. The number of hydrogen-bond donors (Lipinski definition) is 2. The van der Waals surface area contributed by atoms with Gasteiger partial charge in [-0.3, -0.25) is 9.78 Å². The van der Waals surface area contributed by atoms with Crippen molar-refractivity contribution in [3.05, 3.63) is 103 Å². The Bertz CT molecular complexity index is 1070. The number of alkyl carbamates (subject to hydrolysis) is 1. The maximum Gasteiger partial charge on any atom is 0.407 e. The third kappa shape index (κ3) is 11.3. The lowest BCUT2D eigenvalue weighted by molar-refractivity contribution is -0.141. The molecule has 36 heavy (non-hydrogen) atoms. The van der Waals surface area contributed by atoms with Gasteiger partial charge in [-0.2, -0.15) is 0 Å². The van der Waals surface area contributed by atoms with E-state index in [2.05, 4.69) is 32.6 Å². The summed E-state index contributed by atoms with van der Waals surface area (Å²) in [6.07, 6.45) is 7.93. The van der Waals surface area contributed by atoms with Crippen molar-refractivity contribution >= 4 is 41.5 Å². The van der Waals surface area contributed by atoms with Crippen LogP contribution in [0.3, 0.4) is 0 Å². The number of aromatic nitrogens is 1. The quantitative estimate of drug-likeness (QED) is 0.384. The summed E-state index contributed by atoms with van der Waals surface area (Å²) in [4.78, 5) is 26.6. The second-order valence-electron chi connectivity index (χ2n) is 7.41. The Hall–Kier alpha value is -4.11. The summed E-state index contributed by atoms with van der Waals surface area (Å²) in [5, 5.41) is 5.16. The largest absolute Gasteiger partial charge is 0.448 e. The summed E-state index contributed by atoms with van der Waals surface area (Å²) < 4.78 is 16.8. The Morgan fingerprint density at radius 2 is 1.83 bits per heavy atom. The van der Waals surface area contributed by atoms with Crippen molar-refractivity contribution in [3.8, 4) is 0 Å². The number of β-lactam (4-membered cyclic amide) rings is 1. The fourth-order valence-electron chi connectivity index (χ4n) is 2.81. The number of thiocarbonyl (C=S) groups is 1. The lowest BCUT2D eigenvalue weighted by Crippen LogP contribution is -2.48. The molecule has 2 fully saturated rings. The molecule has 2 aliphatic heterocycles. The van der Waals surface area contributed by atoms with Crippen LogP contribution in [0.5, 0.6) is 0 Å². The van der Waals surface area contributed by atoms with Gasteiger partial charge in [-0.15, -0.1) is 0 Å². The van der Waals surface area contributed by atoms with Crippen molar-refractivity contribution in [3.63, 3.8) is 0 Å². The van der Waals surface area contributed by atoms with Crippen LogP contribution >= 0.6 is 12.2 Å². The van der Waals surface area contributed by atoms with Crippen molar-refractivity contribution in [2.45, 2.75) is 12.5 Å². The van der Waals surface area contributed by atoms with Crippen LogP contribution in [0, 0.1) is 5.82 Å². The molecule has 5 rings (SSSR count). The second kappa shape index (κ2) is 16.5. The summed E-state index contributed by atoms with van der Waals surface area (Å²) >= 11 is 4.52. The number of benzene rings is 2. The van der Waals surface area contributed by atoms with E-state index in [4.69, 9.17) is 0 Å². The van der Waals surface area contributed by atoms with Crippen LogP contribution in [0.25, 0.3) is 6.08 Å². The molecule has 188 valence electrons. The monoisotopic (exact) mass is 508 g/mol. The normalized spacial score (nSPS) is 15.4. The Morgan fingerprint density at radius 3 is 2.28 bits per heavy atom. The topological polar surface area (TPSA) is 83.6 Å². The highest BCUT2D eigenvalue weighted by Gasteiger charge is 2.29. The van der Waals surface area contributed by atoms with Crippen LogP contribution < -0.4 is 10.6 Å². The van der Waals surface area contributed by atoms with Gasteiger partial charge in [-0.1, -0.05) is 72.9 Å². The van der Waals surface area contributed by atoms with Crippen molar-refractivity contribution in [1.29, 1.82) is 0 Å². The number of carbonyl (C=O) groups is 2. The minimum atomic E-state index is -0.296. The molecule has 3 aromatic rings. The zero-order chi connectivity index (χ0) is 26.0. The minimum Gasteiger partial charge on any atom is -0.448 e. The summed E-state index contributed by atoms with van der Waals surface area (Å²) in [6, 6.07) is 22.3. The lowest BCUT2D eigenvalue weighted by atomic mass is 10.0. The molecule has 0 saturated carbocycles. The molecule has 3 heterocycles. The molecule has 7 nitrogen and oxygen atoms in total. The second-order valence-corrected chi connectivity index (χ2v) is 7.65. The molecular formula is C27H29FN4O3S. The number of hydrogen-bond acceptors (Lipinski definition) is 5. The number of carbonyl (C=O) groups excluding carboxylic acids is 2. The van der Waals surface area contributed by atoms with Gasteiger partial charge in [0.2, 0.25) is 5.91 Å². The van der Waals surface area contributed by atoms with E-state index in [9.17, 15) is 14.0 Å². The van der Waals surface area contributed by atoms with Crippen LogP contribution in [0.1, 0.15) is 12.0 Å². The fourth-order valence-corrected chi connectivity index (χ4v) is 2.94. The number of likely N-dealkylation sites (N-methyl/N-ethyl adjacent to an activating group) is 1. The number of halogens is 1. The first-order valence-corrected chi connectivity index (χ1v) is 11.7. The van der Waals surface area contributed by atoms with Gasteiger partial charge >= 0.3 is 6.09 Å². The van der Waals surface area contributed by atoms with Gasteiger partial charge < -0.3 is 20.3 Å². The first kappa shape index (κ1) is 28.1. The highest BCUT2D eigenvalue weighted by Crippen LogP contribution is 2.18. The van der Waals surface area contributed by atoms with Crippen LogP contribution in [-0.2, 0) is 9.53 Å². The molecule has 9 heteroatoms. The summed E-state index contributed by atoms with van der Waals surface area (Å²) in [5.74, 6) is -0.0484. The molecule has 0 aliphatic carbocycles. The van der Waals surface area contributed by atoms with E-state index in [-0.39, 0.29) is 23.9 Å². The van der Waals surface area contributed by atoms with Crippen LogP contribution in [-0.4, -0.2) is 53.6 Å². The van der Waals surface area contributed by atoms with E-state index in [1.807, 2.05) is 67.7 Å². The van der Waals surface area contributed by atoms with Crippen LogP contribution in [0.4, 0.5) is 14.9 Å². The van der Waals surface area contributed by atoms with Crippen LogP contribution in [0.15, 0.2) is 91.3 Å². The Morgan fingerprint density at radius 1 is 1.11 bits per heavy atom. The van der Waals surface area contributed by atoms with E-state index in [1.54, 1.807) is 29.4 Å². The SMILES string of the molecule is CN1C(=O)CC1/C=C/c1cccnc1.Fc1cccc(NC=S)c1.O=C1NCCO1.c1ccccc1. The zero-order valence-electron chi connectivity index (χ0n) is 19.9. The highest BCUT2D eigenvalue weighted by molar-refractivity contribution is 7.79. The van der Waals surface area contributed by atoms with Crippen LogP contribution in [0.2, 0.25) is 0 Å². The Kier molecular flexibility index (Phi) is 12.9. The number of nitrogens with one attached hydrogen (secondary N) is 2. The Labute approximate surface area is 216 Å². The predicted molar refractivity (Wildman–Crippen MR) is 144 cm³/mol. The number of amides is 2. The minimum absolute atomic E-state index is 0.214. The van der Waals surface area contributed by atoms with E-state index < -0.39 is 0 Å². The van der Waals surface area contributed by atoms with Gasteiger partial charge in [0.15, 0.2) is 0 Å². The molecule has 0 bridgehead atoms. The average molecular weight is 509 g/mol. The number of likely N-dealkylation sites (tertiary alicyclic amines) is 1. The predicted octanol–water partition coefficient (Wildman–Crippen LogP) is 4.93. The third-order valence-electron chi connectivity index (χ3n) is 4.79. The van der Waals surface area contributed by atoms with E-state index in [0.717, 1.165) is 5.56 Å². The molecule has 0 spiro atoms. The molecule has 1 aromatic heterocycles. The lowest BCUT2D eigenvalue weighted by Gasteiger charge is -2.35. The number of nitrogens with zero attached hydrogens (tertiary/aromatic N) is 2. The van der Waals surface area contributed by atoms with Crippen molar-refractivity contribution in [1.82, 2.24) is 15.2 Å². The first-order valence-electron chi connectivity index (χ1n) is 11.2. The van der Waals surface area contributed by atoms with Crippen molar-refractivity contribution < 1.29 is 18.7 Å². The third-order valence-corrected chi connectivity index (χ3v) is 4.91. The number of rotatable bonds is 4. The molecule has 2 saturated heterocycles. The first-order chi connectivity index (χ1) is 17.5. The van der Waals surface area contributed by atoms with Gasteiger partial charge in [-0.25, -0.2) is 9.18 Å². The van der Waals surface area contributed by atoms with Gasteiger partial charge in [0.25, 0.3) is 0 Å². The zero-order valence-corrected chi connectivity index (χ0v) is 20.7. The van der Waals surface area contributed by atoms with Crippen molar-refractivity contribution in [2.24, 2.45) is 0 Å². The maximum absolute atomic E-state index is 12.4. The van der Waals surface area contributed by atoms with Gasteiger partial charge in [0.05, 0.1) is 24.5 Å². The fraction of sp³-hybridized carbons (Fsp3) is 0.185. The standard InChI is InChI=1S/C11H12N2O.C7H6FNS.C6H6.C3H5NO2/c1-13-10(7-11(13)14)5-4-9-3-2-6-12-8-9;8-6-2-1-3-7(4-6)9-5-10;1-2-4-6-5-3-1;5-3-4-1-2-6-3/h2-6,8,10H,7H2,1H3;1-5H,(H,9,10);1-6H;1-2H2,(H,4,5)/b5-4+;;;. The van der Waals surface area contributed by atoms with E-state index >= 15 is 0 Å². The Balaban J connectivity index is 0.000000181. The van der Waals surface area contributed by atoms with E-state index in [0.29, 0.717) is 25.3 Å². The molecule has 2 aromatic carbocycles. The highest BCUT2D eigenvalue weighted by atomic mass is 32.1. The number of anilines is 1. The number of pyridine rings is 1. The van der Waals surface area contributed by atoms with Gasteiger partial charge in [-0.05, 0) is 29.8 Å². The molecule has 1 unspecified atom stereocenters. The number of cyclic esters (lactones) is 1. The summed E-state index contributed by atoms with van der Waals surface area (Å²) in [6.45, 7) is 1.19. The van der Waals surface area contributed by atoms with E-state index in [1.165, 1.54) is 17.6 Å². The molecule has 2 N–H and O–H groups in total. The van der Waals surface area contributed by atoms with Gasteiger partial charge in [0, 0.05) is 25.1 Å².